The molecule has 2 aliphatic heterocycles. The number of aliphatic hydroxyl groups excluding tert-OH is 1. The van der Waals surface area contributed by atoms with E-state index < -0.39 is 6.23 Å². The highest BCUT2D eigenvalue weighted by molar-refractivity contribution is 6.16. The van der Waals surface area contributed by atoms with E-state index in [1.54, 1.807) is 0 Å². The molecule has 27 heavy (non-hydrogen) atoms. The van der Waals surface area contributed by atoms with E-state index in [0.717, 1.165) is 59.4 Å². The van der Waals surface area contributed by atoms with Crippen LogP contribution >= 0.6 is 0 Å². The van der Waals surface area contributed by atoms with Gasteiger partial charge in [-0.25, -0.2) is 0 Å². The van der Waals surface area contributed by atoms with Crippen molar-refractivity contribution in [3.8, 4) is 0 Å². The second kappa shape index (κ2) is 6.07. The van der Waals surface area contributed by atoms with Gasteiger partial charge in [-0.05, 0) is 33.0 Å². The van der Waals surface area contributed by atoms with E-state index in [4.69, 9.17) is 0 Å². The first-order valence-electron chi connectivity index (χ1n) is 9.62. The van der Waals surface area contributed by atoms with Gasteiger partial charge < -0.3 is 19.5 Å². The lowest BCUT2D eigenvalue weighted by molar-refractivity contribution is -0.132. The van der Waals surface area contributed by atoms with Crippen molar-refractivity contribution in [2.45, 2.75) is 32.2 Å². The highest BCUT2D eigenvalue weighted by atomic mass is 16.3. The van der Waals surface area contributed by atoms with Gasteiger partial charge in [-0.15, -0.1) is 0 Å². The van der Waals surface area contributed by atoms with E-state index in [1.807, 2.05) is 17.0 Å². The maximum atomic E-state index is 12.8. The molecule has 3 aliphatic rings. The summed E-state index contributed by atoms with van der Waals surface area (Å²) in [4.78, 5) is 16.9. The Bertz CT molecular complexity index is 957. The minimum atomic E-state index is -0.840. The standard InChI is InChI=1S/C20H25N5O2/c1-23(2)8-9-25-15-5-3-4-13-17(15)18-14(21-22-19(13)26)10-24(11-16(18)25)20(27)12-6-7-12/h3-5,12,19,22,26H,6-11H2,1-2H3. The summed E-state index contributed by atoms with van der Waals surface area (Å²) in [6.07, 6.45) is 1.16. The summed E-state index contributed by atoms with van der Waals surface area (Å²) in [6, 6.07) is 6.05. The van der Waals surface area contributed by atoms with Crippen molar-refractivity contribution >= 4 is 22.5 Å². The van der Waals surface area contributed by atoms with E-state index in [2.05, 4.69) is 40.2 Å². The van der Waals surface area contributed by atoms with Crippen molar-refractivity contribution in [2.75, 3.05) is 27.2 Å². The zero-order valence-corrected chi connectivity index (χ0v) is 15.8. The van der Waals surface area contributed by atoms with E-state index >= 15 is 0 Å². The fraction of sp³-hybridized carbons (Fsp3) is 0.500. The number of nitrogens with one attached hydrogen (secondary N) is 1. The molecule has 7 heteroatoms. The van der Waals surface area contributed by atoms with E-state index in [0.29, 0.717) is 13.1 Å². The van der Waals surface area contributed by atoms with Crippen LogP contribution < -0.4 is 5.43 Å². The molecule has 5 rings (SSSR count). The number of amides is 1. The van der Waals surface area contributed by atoms with Crippen LogP contribution in [0.4, 0.5) is 0 Å². The molecular weight excluding hydrogens is 342 g/mol. The lowest BCUT2D eigenvalue weighted by Gasteiger charge is -2.29. The van der Waals surface area contributed by atoms with Gasteiger partial charge in [0.1, 0.15) is 0 Å². The van der Waals surface area contributed by atoms with E-state index in [1.165, 1.54) is 0 Å². The van der Waals surface area contributed by atoms with Crippen molar-refractivity contribution in [1.82, 2.24) is 19.8 Å². The van der Waals surface area contributed by atoms with Crippen LogP contribution in [-0.2, 0) is 17.9 Å². The first-order chi connectivity index (χ1) is 13.0. The molecule has 1 aromatic heterocycles. The molecule has 3 heterocycles. The number of aromatic nitrogens is 1. The molecule has 7 nitrogen and oxygen atoms in total. The Hall–Kier alpha value is -2.38. The van der Waals surface area contributed by atoms with Crippen molar-refractivity contribution in [2.24, 2.45) is 11.0 Å². The number of carbonyl (C=O) groups excluding carboxylic acids is 1. The number of nitrogens with zero attached hydrogens (tertiary/aromatic N) is 4. The van der Waals surface area contributed by atoms with Crippen LogP contribution in [0.15, 0.2) is 23.3 Å². The third-order valence-corrected chi connectivity index (χ3v) is 5.83. The molecule has 1 atom stereocenters. The van der Waals surface area contributed by atoms with Crippen molar-refractivity contribution in [1.29, 1.82) is 0 Å². The van der Waals surface area contributed by atoms with Gasteiger partial charge in [0, 0.05) is 46.7 Å². The minimum Gasteiger partial charge on any atom is -0.368 e. The maximum absolute atomic E-state index is 12.8. The molecular formula is C20H25N5O2. The van der Waals surface area contributed by atoms with Gasteiger partial charge in [0.25, 0.3) is 0 Å². The van der Waals surface area contributed by atoms with Crippen molar-refractivity contribution in [3.05, 3.63) is 35.0 Å². The quantitative estimate of drug-likeness (QED) is 0.853. The topological polar surface area (TPSA) is 73.1 Å². The third-order valence-electron chi connectivity index (χ3n) is 5.83. The van der Waals surface area contributed by atoms with Gasteiger partial charge in [0.15, 0.2) is 6.23 Å². The van der Waals surface area contributed by atoms with Gasteiger partial charge in [0.05, 0.1) is 18.8 Å². The summed E-state index contributed by atoms with van der Waals surface area (Å²) in [5.74, 6) is 0.421. The van der Waals surface area contributed by atoms with Gasteiger partial charge in [-0.2, -0.15) is 5.10 Å². The van der Waals surface area contributed by atoms with E-state index in [-0.39, 0.29) is 11.8 Å². The summed E-state index contributed by atoms with van der Waals surface area (Å²) >= 11 is 0. The van der Waals surface area contributed by atoms with Gasteiger partial charge in [-0.1, -0.05) is 12.1 Å². The maximum Gasteiger partial charge on any atom is 0.226 e. The number of likely N-dealkylation sites (N-methyl/N-ethyl adjacent to an activating group) is 1. The Kier molecular flexibility index (Phi) is 3.77. The molecule has 0 saturated heterocycles. The number of aliphatic hydroxyl groups is 1. The van der Waals surface area contributed by atoms with Crippen LogP contribution in [0.3, 0.4) is 0 Å². The first-order valence-corrected chi connectivity index (χ1v) is 9.62. The monoisotopic (exact) mass is 367 g/mol. The Morgan fingerprint density at radius 1 is 1.33 bits per heavy atom. The van der Waals surface area contributed by atoms with Crippen LogP contribution in [0.25, 0.3) is 10.9 Å². The summed E-state index contributed by atoms with van der Waals surface area (Å²) in [5, 5.41) is 16.1. The molecule has 1 amide bonds. The minimum absolute atomic E-state index is 0.187. The average Bonchev–Trinajstić information content (AvgIpc) is 3.46. The summed E-state index contributed by atoms with van der Waals surface area (Å²) < 4.78 is 2.31. The number of carbonyl (C=O) groups is 1. The molecule has 0 spiro atoms. The Morgan fingerprint density at radius 3 is 2.89 bits per heavy atom. The normalized spacial score (nSPS) is 21.3. The summed E-state index contributed by atoms with van der Waals surface area (Å²) in [5.41, 5.74) is 7.91. The molecule has 1 aliphatic carbocycles. The molecule has 1 unspecified atom stereocenters. The Morgan fingerprint density at radius 2 is 2.15 bits per heavy atom. The zero-order valence-electron chi connectivity index (χ0n) is 15.8. The number of hydrogen-bond donors (Lipinski definition) is 2. The molecule has 1 fully saturated rings. The molecule has 2 N–H and O–H groups in total. The van der Waals surface area contributed by atoms with Crippen LogP contribution in [0.2, 0.25) is 0 Å². The molecule has 2 aromatic rings. The molecule has 0 bridgehead atoms. The largest absolute Gasteiger partial charge is 0.368 e. The highest BCUT2D eigenvalue weighted by Crippen LogP contribution is 2.38. The molecule has 0 radical (unpaired) electrons. The summed E-state index contributed by atoms with van der Waals surface area (Å²) in [7, 11) is 4.13. The van der Waals surface area contributed by atoms with Gasteiger partial charge in [0.2, 0.25) is 5.91 Å². The number of hydrazone groups is 1. The van der Waals surface area contributed by atoms with Gasteiger partial charge >= 0.3 is 0 Å². The number of rotatable bonds is 4. The summed E-state index contributed by atoms with van der Waals surface area (Å²) in [6.45, 7) is 2.86. The lowest BCUT2D eigenvalue weighted by atomic mass is 9.97. The van der Waals surface area contributed by atoms with Crippen LogP contribution in [-0.4, -0.2) is 58.3 Å². The third kappa shape index (κ3) is 2.64. The fourth-order valence-electron chi connectivity index (χ4n) is 4.28. The van der Waals surface area contributed by atoms with Crippen LogP contribution in [0, 0.1) is 5.92 Å². The highest BCUT2D eigenvalue weighted by Gasteiger charge is 2.39. The lowest BCUT2D eigenvalue weighted by Crippen LogP contribution is -2.41. The second-order valence-electron chi connectivity index (χ2n) is 8.08. The average molecular weight is 367 g/mol. The van der Waals surface area contributed by atoms with Crippen molar-refractivity contribution < 1.29 is 9.90 Å². The predicted molar refractivity (Wildman–Crippen MR) is 103 cm³/mol. The molecule has 1 aromatic carbocycles. The second-order valence-corrected chi connectivity index (χ2v) is 8.08. The predicted octanol–water partition coefficient (Wildman–Crippen LogP) is 1.25. The first kappa shape index (κ1) is 16.8. The SMILES string of the molecule is CN(C)CCn1c2c3c4c(cccc41)C(O)NN=C3CN(C(=O)C1CC1)C2. The number of benzene rings is 1. The molecule has 142 valence electrons. The van der Waals surface area contributed by atoms with Crippen molar-refractivity contribution in [3.63, 3.8) is 0 Å². The van der Waals surface area contributed by atoms with E-state index in [9.17, 15) is 9.90 Å². The fourth-order valence-corrected chi connectivity index (χ4v) is 4.28. The number of hydrogen-bond acceptors (Lipinski definition) is 5. The van der Waals surface area contributed by atoms with Crippen LogP contribution in [0.1, 0.15) is 35.9 Å². The van der Waals surface area contributed by atoms with Crippen LogP contribution in [0.5, 0.6) is 0 Å². The Balaban J connectivity index is 1.69. The van der Waals surface area contributed by atoms with Gasteiger partial charge in [-0.3, -0.25) is 10.2 Å². The smallest absolute Gasteiger partial charge is 0.226 e. The molecule has 1 saturated carbocycles. The Labute approximate surface area is 158 Å². The zero-order chi connectivity index (χ0) is 18.7.